The Bertz CT molecular complexity index is 1180. The van der Waals surface area contributed by atoms with Crippen molar-refractivity contribution in [2.45, 2.75) is 13.2 Å². The summed E-state index contributed by atoms with van der Waals surface area (Å²) in [6, 6.07) is 14.8. The number of ether oxygens (including phenoxy) is 1. The number of carbonyl (C=O) groups is 2. The lowest BCUT2D eigenvalue weighted by atomic mass is 10.1. The van der Waals surface area contributed by atoms with Gasteiger partial charge in [-0.3, -0.25) is 9.88 Å². The summed E-state index contributed by atoms with van der Waals surface area (Å²) < 4.78 is 19.5. The van der Waals surface area contributed by atoms with Crippen LogP contribution in [0.4, 0.5) is 20.6 Å². The van der Waals surface area contributed by atoms with Gasteiger partial charge in [-0.05, 0) is 47.5 Å². The minimum Gasteiger partial charge on any atom is -0.487 e. The van der Waals surface area contributed by atoms with E-state index in [2.05, 4.69) is 10.3 Å². The third kappa shape index (κ3) is 4.53. The highest BCUT2D eigenvalue weighted by Crippen LogP contribution is 2.33. The quantitative estimate of drug-likeness (QED) is 0.576. The van der Waals surface area contributed by atoms with E-state index >= 15 is 0 Å². The topological polar surface area (TPSA) is 91.8 Å². The average molecular weight is 419 g/mol. The maximum absolute atomic E-state index is 13.8. The number of carboxylic acid groups (broad SMARTS) is 1. The second-order valence-corrected chi connectivity index (χ2v) is 6.79. The summed E-state index contributed by atoms with van der Waals surface area (Å²) in [5.41, 5.74) is 2.78. The number of benzene rings is 2. The Hall–Kier alpha value is -4.20. The van der Waals surface area contributed by atoms with Crippen LogP contribution in [-0.4, -0.2) is 22.1 Å². The number of hydrogen-bond donors (Lipinski definition) is 2. The first-order valence-corrected chi connectivity index (χ1v) is 9.45. The number of fused-ring (bicyclic) bond motifs is 1. The van der Waals surface area contributed by atoms with E-state index in [-0.39, 0.29) is 18.3 Å². The molecule has 1 aliphatic heterocycles. The average Bonchev–Trinajstić information content (AvgIpc) is 2.77. The lowest BCUT2D eigenvalue weighted by Gasteiger charge is -2.30. The molecule has 2 heterocycles. The number of para-hydroxylation sites is 1. The lowest BCUT2D eigenvalue weighted by Crippen LogP contribution is -2.39. The van der Waals surface area contributed by atoms with Gasteiger partial charge in [-0.1, -0.05) is 18.2 Å². The fourth-order valence-electron chi connectivity index (χ4n) is 3.22. The van der Waals surface area contributed by atoms with Crippen molar-refractivity contribution in [2.75, 3.05) is 10.2 Å². The number of urea groups is 1. The summed E-state index contributed by atoms with van der Waals surface area (Å²) in [6.07, 6.45) is 3.88. The smallest absolute Gasteiger partial charge is 0.328 e. The van der Waals surface area contributed by atoms with Gasteiger partial charge in [0.2, 0.25) is 0 Å². The van der Waals surface area contributed by atoms with E-state index < -0.39 is 11.8 Å². The van der Waals surface area contributed by atoms with Crippen LogP contribution < -0.4 is 15.0 Å². The molecule has 0 aliphatic carbocycles. The molecule has 2 amide bonds. The van der Waals surface area contributed by atoms with Crippen LogP contribution in [0.25, 0.3) is 6.08 Å². The summed E-state index contributed by atoms with van der Waals surface area (Å²) in [4.78, 5) is 29.2. The highest BCUT2D eigenvalue weighted by molar-refractivity contribution is 6.05. The molecule has 0 bridgehead atoms. The van der Waals surface area contributed by atoms with E-state index in [0.29, 0.717) is 23.5 Å². The highest BCUT2D eigenvalue weighted by atomic mass is 19.1. The largest absolute Gasteiger partial charge is 0.487 e. The molecule has 3 aromatic rings. The molecule has 0 fully saturated rings. The second kappa shape index (κ2) is 8.66. The molecular weight excluding hydrogens is 401 g/mol. The third-order valence-corrected chi connectivity index (χ3v) is 4.74. The van der Waals surface area contributed by atoms with Crippen molar-refractivity contribution in [1.29, 1.82) is 0 Å². The Balaban J connectivity index is 1.66. The van der Waals surface area contributed by atoms with Crippen LogP contribution in [0.2, 0.25) is 0 Å². The van der Waals surface area contributed by atoms with Gasteiger partial charge in [0.05, 0.1) is 12.2 Å². The van der Waals surface area contributed by atoms with Gasteiger partial charge in [-0.15, -0.1) is 0 Å². The summed E-state index contributed by atoms with van der Waals surface area (Å²) in [6.45, 7) is 0.208. The fourth-order valence-corrected chi connectivity index (χ4v) is 3.22. The first kappa shape index (κ1) is 20.1. The Morgan fingerprint density at radius 1 is 1.23 bits per heavy atom. The van der Waals surface area contributed by atoms with E-state index in [1.807, 2.05) is 24.3 Å². The van der Waals surface area contributed by atoms with Crippen LogP contribution in [0.5, 0.6) is 5.75 Å². The molecule has 0 spiro atoms. The minimum absolute atomic E-state index is 0.0918. The number of nitrogens with one attached hydrogen (secondary N) is 1. The normalized spacial score (nSPS) is 13.1. The zero-order valence-electron chi connectivity index (χ0n) is 16.3. The number of aromatic nitrogens is 1. The minimum atomic E-state index is -1.11. The number of pyridine rings is 1. The van der Waals surface area contributed by atoms with E-state index in [0.717, 1.165) is 17.3 Å². The lowest BCUT2D eigenvalue weighted by molar-refractivity contribution is -0.131. The third-order valence-electron chi connectivity index (χ3n) is 4.74. The summed E-state index contributed by atoms with van der Waals surface area (Å²) in [7, 11) is 0. The molecule has 7 nitrogen and oxygen atoms in total. The molecular formula is C23H18FN3O4. The predicted molar refractivity (Wildman–Crippen MR) is 113 cm³/mol. The predicted octanol–water partition coefficient (Wildman–Crippen LogP) is 4.45. The molecule has 0 unspecified atom stereocenters. The molecule has 2 N–H and O–H groups in total. The van der Waals surface area contributed by atoms with Gasteiger partial charge < -0.3 is 15.2 Å². The van der Waals surface area contributed by atoms with E-state index in [9.17, 15) is 14.0 Å². The molecule has 1 aromatic heterocycles. The van der Waals surface area contributed by atoms with E-state index in [1.54, 1.807) is 18.2 Å². The Labute approximate surface area is 177 Å². The SMILES string of the molecule is O=C(O)/C=C/c1ccc(OCc2ncccc2F)cc1N1Cc2ccccc2NC1=O. The number of hydrogen-bond acceptors (Lipinski definition) is 4. The van der Waals surface area contributed by atoms with Crippen LogP contribution in [0, 0.1) is 5.82 Å². The van der Waals surface area contributed by atoms with Gasteiger partial charge in [-0.25, -0.2) is 14.0 Å². The molecule has 0 radical (unpaired) electrons. The monoisotopic (exact) mass is 419 g/mol. The van der Waals surface area contributed by atoms with Gasteiger partial charge in [0.15, 0.2) is 0 Å². The van der Waals surface area contributed by atoms with Crippen molar-refractivity contribution >= 4 is 29.5 Å². The Morgan fingerprint density at radius 3 is 2.87 bits per heavy atom. The summed E-state index contributed by atoms with van der Waals surface area (Å²) in [5, 5.41) is 11.8. The number of halogens is 1. The zero-order chi connectivity index (χ0) is 21.8. The fraction of sp³-hybridized carbons (Fsp3) is 0.0870. The molecule has 0 atom stereocenters. The number of nitrogens with zero attached hydrogens (tertiary/aromatic N) is 2. The van der Waals surface area contributed by atoms with Crippen LogP contribution in [-0.2, 0) is 17.9 Å². The number of aliphatic carboxylic acids is 1. The number of carbonyl (C=O) groups excluding carboxylic acids is 1. The second-order valence-electron chi connectivity index (χ2n) is 6.79. The van der Waals surface area contributed by atoms with Crippen LogP contribution in [0.3, 0.4) is 0 Å². The Morgan fingerprint density at radius 2 is 2.06 bits per heavy atom. The highest BCUT2D eigenvalue weighted by Gasteiger charge is 2.25. The molecule has 1 aliphatic rings. The van der Waals surface area contributed by atoms with Crippen molar-refractivity contribution < 1.29 is 23.8 Å². The van der Waals surface area contributed by atoms with Gasteiger partial charge in [0.25, 0.3) is 0 Å². The van der Waals surface area contributed by atoms with E-state index in [4.69, 9.17) is 9.84 Å². The molecule has 0 saturated carbocycles. The first-order chi connectivity index (χ1) is 15.0. The van der Waals surface area contributed by atoms with Crippen LogP contribution in [0.15, 0.2) is 66.9 Å². The maximum Gasteiger partial charge on any atom is 0.328 e. The van der Waals surface area contributed by atoms with Gasteiger partial charge >= 0.3 is 12.0 Å². The molecule has 4 rings (SSSR count). The zero-order valence-corrected chi connectivity index (χ0v) is 16.3. The molecule has 156 valence electrons. The summed E-state index contributed by atoms with van der Waals surface area (Å²) in [5.74, 6) is -1.19. The van der Waals surface area contributed by atoms with Gasteiger partial charge in [0, 0.05) is 24.0 Å². The summed E-state index contributed by atoms with van der Waals surface area (Å²) >= 11 is 0. The van der Waals surface area contributed by atoms with Crippen molar-refractivity contribution in [3.63, 3.8) is 0 Å². The molecule has 8 heteroatoms. The van der Waals surface area contributed by atoms with Crippen molar-refractivity contribution in [1.82, 2.24) is 4.98 Å². The number of rotatable bonds is 6. The Kier molecular flexibility index (Phi) is 5.61. The van der Waals surface area contributed by atoms with Crippen LogP contribution in [0.1, 0.15) is 16.8 Å². The maximum atomic E-state index is 13.8. The first-order valence-electron chi connectivity index (χ1n) is 9.45. The van der Waals surface area contributed by atoms with Gasteiger partial charge in [-0.2, -0.15) is 0 Å². The standard InChI is InChI=1S/C23H18FN3O4/c24-18-5-3-11-25-20(18)14-31-17-9-7-15(8-10-22(28)29)21(12-17)27-13-16-4-1-2-6-19(16)26-23(27)30/h1-12H,13-14H2,(H,26,30)(H,28,29)/b10-8+. The van der Waals surface area contributed by atoms with E-state index in [1.165, 1.54) is 29.3 Å². The molecule has 31 heavy (non-hydrogen) atoms. The van der Waals surface area contributed by atoms with Crippen molar-refractivity contribution in [2.24, 2.45) is 0 Å². The number of anilines is 2. The molecule has 0 saturated heterocycles. The van der Waals surface area contributed by atoms with Gasteiger partial charge in [0.1, 0.15) is 23.9 Å². The number of amides is 2. The molecule has 2 aromatic carbocycles. The van der Waals surface area contributed by atoms with Crippen LogP contribution >= 0.6 is 0 Å². The van der Waals surface area contributed by atoms with Crippen molar-refractivity contribution in [3.05, 3.63) is 89.5 Å². The number of carboxylic acids is 1. The van der Waals surface area contributed by atoms with Crippen molar-refractivity contribution in [3.8, 4) is 5.75 Å².